The van der Waals surface area contributed by atoms with Crippen LogP contribution in [0.2, 0.25) is 10.0 Å². The first-order valence-corrected chi connectivity index (χ1v) is 8.78. The topological polar surface area (TPSA) is 84.5 Å². The Morgan fingerprint density at radius 3 is 2.30 bits per heavy atom. The molecule has 27 heavy (non-hydrogen) atoms. The van der Waals surface area contributed by atoms with Crippen LogP contribution in [0.4, 0.5) is 11.4 Å². The van der Waals surface area contributed by atoms with Gasteiger partial charge in [-0.1, -0.05) is 41.4 Å². The third kappa shape index (κ3) is 6.27. The Morgan fingerprint density at radius 1 is 1.00 bits per heavy atom. The summed E-state index contributed by atoms with van der Waals surface area (Å²) in [4.78, 5) is 34.9. The highest BCUT2D eigenvalue weighted by Crippen LogP contribution is 2.32. The van der Waals surface area contributed by atoms with E-state index in [1.807, 2.05) is 0 Å². The van der Waals surface area contributed by atoms with Crippen LogP contribution in [0, 0.1) is 6.92 Å². The Labute approximate surface area is 166 Å². The maximum absolute atomic E-state index is 12.0. The van der Waals surface area contributed by atoms with Gasteiger partial charge in [-0.05, 0) is 36.2 Å². The van der Waals surface area contributed by atoms with Crippen LogP contribution >= 0.6 is 23.2 Å². The number of halogens is 2. The van der Waals surface area contributed by atoms with Gasteiger partial charge in [0.1, 0.15) is 0 Å². The van der Waals surface area contributed by atoms with Gasteiger partial charge in [-0.25, -0.2) is 0 Å². The second-order valence-electron chi connectivity index (χ2n) is 5.82. The van der Waals surface area contributed by atoms with Gasteiger partial charge in [0.05, 0.1) is 22.2 Å². The number of esters is 1. The van der Waals surface area contributed by atoms with E-state index in [1.165, 1.54) is 6.92 Å². The summed E-state index contributed by atoms with van der Waals surface area (Å²) in [5.74, 6) is -1.28. The Balaban J connectivity index is 1.86. The van der Waals surface area contributed by atoms with Crippen molar-refractivity contribution in [2.24, 2.45) is 0 Å². The van der Waals surface area contributed by atoms with E-state index >= 15 is 0 Å². The number of carbonyl (C=O) groups is 3. The fourth-order valence-electron chi connectivity index (χ4n) is 2.22. The minimum atomic E-state index is -0.557. The fourth-order valence-corrected chi connectivity index (χ4v) is 2.68. The van der Waals surface area contributed by atoms with E-state index < -0.39 is 18.5 Å². The van der Waals surface area contributed by atoms with Crippen LogP contribution in [-0.2, 0) is 25.5 Å². The van der Waals surface area contributed by atoms with Crippen molar-refractivity contribution < 1.29 is 19.1 Å². The van der Waals surface area contributed by atoms with Crippen LogP contribution in [0.3, 0.4) is 0 Å². The number of carbonyl (C=O) groups excluding carboxylic acids is 3. The number of anilines is 2. The van der Waals surface area contributed by atoms with Crippen LogP contribution in [0.1, 0.15) is 18.1 Å². The van der Waals surface area contributed by atoms with Gasteiger partial charge in [-0.15, -0.1) is 0 Å². The highest BCUT2D eigenvalue weighted by atomic mass is 35.5. The molecule has 0 saturated heterocycles. The Hall–Kier alpha value is -2.57. The molecular formula is C19H18Cl2N2O4. The molecule has 2 aromatic carbocycles. The van der Waals surface area contributed by atoms with Crippen molar-refractivity contribution in [2.45, 2.75) is 20.3 Å². The van der Waals surface area contributed by atoms with Crippen molar-refractivity contribution in [1.82, 2.24) is 0 Å². The smallest absolute Gasteiger partial charge is 0.310 e. The standard InChI is InChI=1S/C19H18Cl2N2O4/c1-11-3-8-15(20)19(18(11)21)23-16(25)10-27-17(26)9-13-4-6-14(7-5-13)22-12(2)24/h3-8H,9-10H2,1-2H3,(H,22,24)(H,23,25). The first-order chi connectivity index (χ1) is 12.8. The molecule has 0 bridgehead atoms. The number of amides is 2. The van der Waals surface area contributed by atoms with Gasteiger partial charge in [0.15, 0.2) is 6.61 Å². The quantitative estimate of drug-likeness (QED) is 0.707. The molecular weight excluding hydrogens is 391 g/mol. The summed E-state index contributed by atoms with van der Waals surface area (Å²) in [6.45, 7) is 2.74. The van der Waals surface area contributed by atoms with Crippen molar-refractivity contribution in [3.05, 3.63) is 57.6 Å². The highest BCUT2D eigenvalue weighted by molar-refractivity contribution is 6.40. The largest absolute Gasteiger partial charge is 0.455 e. The molecule has 2 amide bonds. The normalized spacial score (nSPS) is 10.2. The predicted molar refractivity (Wildman–Crippen MR) is 105 cm³/mol. The number of hydrogen-bond acceptors (Lipinski definition) is 4. The summed E-state index contributed by atoms with van der Waals surface area (Å²) in [6.07, 6.45) is -0.000408. The third-order valence-electron chi connectivity index (χ3n) is 3.54. The van der Waals surface area contributed by atoms with Gasteiger partial charge in [0.2, 0.25) is 5.91 Å². The number of ether oxygens (including phenoxy) is 1. The molecule has 0 aliphatic rings. The van der Waals surface area contributed by atoms with Crippen molar-refractivity contribution >= 4 is 52.4 Å². The second kappa shape index (κ2) is 9.39. The Morgan fingerprint density at radius 2 is 1.67 bits per heavy atom. The fraction of sp³-hybridized carbons (Fsp3) is 0.211. The predicted octanol–water partition coefficient (Wildman–Crippen LogP) is 3.98. The summed E-state index contributed by atoms with van der Waals surface area (Å²) in [6, 6.07) is 10.1. The maximum atomic E-state index is 12.0. The number of rotatable bonds is 6. The number of hydrogen-bond donors (Lipinski definition) is 2. The van der Waals surface area contributed by atoms with Crippen molar-refractivity contribution in [3.63, 3.8) is 0 Å². The van der Waals surface area contributed by atoms with Crippen LogP contribution in [0.25, 0.3) is 0 Å². The average Bonchev–Trinajstić information content (AvgIpc) is 2.61. The van der Waals surface area contributed by atoms with E-state index in [1.54, 1.807) is 43.3 Å². The van der Waals surface area contributed by atoms with Crippen LogP contribution in [0.15, 0.2) is 36.4 Å². The molecule has 0 unspecified atom stereocenters. The molecule has 0 aliphatic carbocycles. The minimum absolute atomic E-state index is 0.000408. The van der Waals surface area contributed by atoms with Gasteiger partial charge < -0.3 is 15.4 Å². The minimum Gasteiger partial charge on any atom is -0.455 e. The molecule has 0 heterocycles. The lowest BCUT2D eigenvalue weighted by molar-refractivity contribution is -0.146. The molecule has 6 nitrogen and oxygen atoms in total. The molecule has 0 radical (unpaired) electrons. The molecule has 0 fully saturated rings. The molecule has 8 heteroatoms. The zero-order valence-electron chi connectivity index (χ0n) is 14.8. The summed E-state index contributed by atoms with van der Waals surface area (Å²) in [5.41, 5.74) is 2.37. The van der Waals surface area contributed by atoms with E-state index in [0.29, 0.717) is 21.3 Å². The second-order valence-corrected chi connectivity index (χ2v) is 6.60. The molecule has 0 spiro atoms. The first kappa shape index (κ1) is 20.7. The lowest BCUT2D eigenvalue weighted by atomic mass is 10.1. The van der Waals surface area contributed by atoms with Gasteiger partial charge >= 0.3 is 5.97 Å². The lowest BCUT2D eigenvalue weighted by Gasteiger charge is -2.11. The third-order valence-corrected chi connectivity index (χ3v) is 4.34. The monoisotopic (exact) mass is 408 g/mol. The van der Waals surface area contributed by atoms with Crippen molar-refractivity contribution in [1.29, 1.82) is 0 Å². The molecule has 2 aromatic rings. The van der Waals surface area contributed by atoms with E-state index in [9.17, 15) is 14.4 Å². The molecule has 142 valence electrons. The van der Waals surface area contributed by atoms with Crippen molar-refractivity contribution in [2.75, 3.05) is 17.2 Å². The van der Waals surface area contributed by atoms with Crippen LogP contribution < -0.4 is 10.6 Å². The van der Waals surface area contributed by atoms with E-state index in [2.05, 4.69) is 10.6 Å². The number of nitrogens with one attached hydrogen (secondary N) is 2. The molecule has 0 aromatic heterocycles. The van der Waals surface area contributed by atoms with Crippen LogP contribution in [-0.4, -0.2) is 24.4 Å². The summed E-state index contributed by atoms with van der Waals surface area (Å²) >= 11 is 12.2. The highest BCUT2D eigenvalue weighted by Gasteiger charge is 2.14. The zero-order valence-corrected chi connectivity index (χ0v) is 16.3. The van der Waals surface area contributed by atoms with Gasteiger partial charge in [-0.3, -0.25) is 14.4 Å². The Kier molecular flexibility index (Phi) is 7.21. The van der Waals surface area contributed by atoms with Crippen molar-refractivity contribution in [3.8, 4) is 0 Å². The molecule has 0 aliphatic heterocycles. The average molecular weight is 409 g/mol. The Bertz CT molecular complexity index is 867. The molecule has 2 N–H and O–H groups in total. The molecule has 0 atom stereocenters. The summed E-state index contributed by atoms with van der Waals surface area (Å²) in [7, 11) is 0. The summed E-state index contributed by atoms with van der Waals surface area (Å²) in [5, 5.41) is 5.81. The van der Waals surface area contributed by atoms with E-state index in [0.717, 1.165) is 5.56 Å². The number of benzene rings is 2. The maximum Gasteiger partial charge on any atom is 0.310 e. The number of aryl methyl sites for hydroxylation is 1. The van der Waals surface area contributed by atoms with Gasteiger partial charge in [0, 0.05) is 12.6 Å². The molecule has 0 saturated carbocycles. The van der Waals surface area contributed by atoms with E-state index in [4.69, 9.17) is 27.9 Å². The first-order valence-electron chi connectivity index (χ1n) is 8.03. The van der Waals surface area contributed by atoms with Crippen LogP contribution in [0.5, 0.6) is 0 Å². The lowest BCUT2D eigenvalue weighted by Crippen LogP contribution is -2.22. The summed E-state index contributed by atoms with van der Waals surface area (Å²) < 4.78 is 4.98. The van der Waals surface area contributed by atoms with E-state index in [-0.39, 0.29) is 18.0 Å². The van der Waals surface area contributed by atoms with Gasteiger partial charge in [-0.2, -0.15) is 0 Å². The molecule has 2 rings (SSSR count). The zero-order chi connectivity index (χ0) is 20.0. The SMILES string of the molecule is CC(=O)Nc1ccc(CC(=O)OCC(=O)Nc2c(Cl)ccc(C)c2Cl)cc1. The van der Waals surface area contributed by atoms with Gasteiger partial charge in [0.25, 0.3) is 5.91 Å².